The molecule has 1 spiro atoms. The predicted molar refractivity (Wildman–Crippen MR) is 81.0 cm³/mol. The molecular weight excluding hydrogens is 282 g/mol. The van der Waals surface area contributed by atoms with Crippen molar-refractivity contribution in [3.8, 4) is 0 Å². The van der Waals surface area contributed by atoms with Gasteiger partial charge in [-0.2, -0.15) is 0 Å². The number of rotatable bonds is 4. The van der Waals surface area contributed by atoms with Gasteiger partial charge < -0.3 is 20.0 Å². The molecule has 0 bridgehead atoms. The van der Waals surface area contributed by atoms with Crippen LogP contribution in [0.2, 0.25) is 0 Å². The van der Waals surface area contributed by atoms with Crippen LogP contribution < -0.4 is 10.6 Å². The Morgan fingerprint density at radius 1 is 1.50 bits per heavy atom. The highest BCUT2D eigenvalue weighted by Gasteiger charge is 2.61. The molecule has 2 unspecified atom stereocenters. The van der Waals surface area contributed by atoms with Crippen molar-refractivity contribution in [3.63, 3.8) is 0 Å². The molecule has 6 heteroatoms. The summed E-state index contributed by atoms with van der Waals surface area (Å²) in [6.45, 7) is 5.75. The average Bonchev–Trinajstić information content (AvgIpc) is 2.81. The predicted octanol–water partition coefficient (Wildman–Crippen LogP) is 1.73. The molecule has 120 valence electrons. The molecule has 1 saturated carbocycles. The van der Waals surface area contributed by atoms with Gasteiger partial charge in [0.1, 0.15) is 5.76 Å². The lowest BCUT2D eigenvalue weighted by Gasteiger charge is -2.19. The van der Waals surface area contributed by atoms with Gasteiger partial charge >= 0.3 is 6.03 Å². The Labute approximate surface area is 130 Å². The van der Waals surface area contributed by atoms with Crippen LogP contribution in [-0.4, -0.2) is 36.0 Å². The minimum absolute atomic E-state index is 0.00155. The van der Waals surface area contributed by atoms with E-state index < -0.39 is 0 Å². The number of hydrogen-bond donors (Lipinski definition) is 2. The van der Waals surface area contributed by atoms with Gasteiger partial charge in [0.15, 0.2) is 0 Å². The average molecular weight is 305 g/mol. The maximum atomic E-state index is 12.2. The zero-order valence-electron chi connectivity index (χ0n) is 13.1. The van der Waals surface area contributed by atoms with E-state index in [4.69, 9.17) is 4.42 Å². The molecule has 1 aromatic heterocycles. The first-order valence-corrected chi connectivity index (χ1v) is 7.86. The fourth-order valence-electron chi connectivity index (χ4n) is 3.29. The van der Waals surface area contributed by atoms with Gasteiger partial charge in [-0.25, -0.2) is 4.79 Å². The van der Waals surface area contributed by atoms with Crippen LogP contribution in [0.1, 0.15) is 32.4 Å². The number of hydrogen-bond acceptors (Lipinski definition) is 3. The Morgan fingerprint density at radius 3 is 3.00 bits per heavy atom. The molecule has 1 saturated heterocycles. The number of nitrogens with one attached hydrogen (secondary N) is 2. The van der Waals surface area contributed by atoms with Crippen LogP contribution in [0.4, 0.5) is 4.79 Å². The van der Waals surface area contributed by atoms with Gasteiger partial charge in [0.05, 0.1) is 12.8 Å². The van der Waals surface area contributed by atoms with Crippen molar-refractivity contribution in [1.82, 2.24) is 15.5 Å². The Bertz CT molecular complexity index is 555. The van der Waals surface area contributed by atoms with Crippen molar-refractivity contribution in [3.05, 3.63) is 24.2 Å². The largest absolute Gasteiger partial charge is 0.467 e. The smallest absolute Gasteiger partial charge is 0.317 e. The lowest BCUT2D eigenvalue weighted by Crippen LogP contribution is -2.42. The summed E-state index contributed by atoms with van der Waals surface area (Å²) in [5.74, 6) is 0.856. The van der Waals surface area contributed by atoms with Gasteiger partial charge in [0, 0.05) is 30.5 Å². The van der Waals surface area contributed by atoms with E-state index in [9.17, 15) is 9.59 Å². The second-order valence-electron chi connectivity index (χ2n) is 6.69. The van der Waals surface area contributed by atoms with Crippen LogP contribution in [0, 0.1) is 11.3 Å². The molecule has 2 aliphatic rings. The first kappa shape index (κ1) is 14.9. The zero-order valence-corrected chi connectivity index (χ0v) is 13.1. The monoisotopic (exact) mass is 305 g/mol. The summed E-state index contributed by atoms with van der Waals surface area (Å²) in [6, 6.07) is 3.77. The molecule has 1 aliphatic carbocycles. The standard InChI is InChI=1S/C16H23N3O3/c1-11(2)18-15(21)19-6-5-16(10-19)8-13(16)14(20)17-9-12-4-3-7-22-12/h3-4,7,11,13H,5-6,8-10H2,1-2H3,(H,17,20)(H,18,21). The highest BCUT2D eigenvalue weighted by molar-refractivity contribution is 5.83. The van der Waals surface area contributed by atoms with Crippen LogP contribution in [0.5, 0.6) is 0 Å². The normalized spacial score (nSPS) is 26.5. The van der Waals surface area contributed by atoms with Crippen LogP contribution >= 0.6 is 0 Å². The van der Waals surface area contributed by atoms with E-state index >= 15 is 0 Å². The number of furan rings is 1. The first-order chi connectivity index (χ1) is 10.5. The van der Waals surface area contributed by atoms with Crippen LogP contribution in [0.15, 0.2) is 22.8 Å². The van der Waals surface area contributed by atoms with E-state index in [-0.39, 0.29) is 29.3 Å². The first-order valence-electron chi connectivity index (χ1n) is 7.86. The molecule has 0 radical (unpaired) electrons. The second-order valence-corrected chi connectivity index (χ2v) is 6.69. The molecule has 3 amide bonds. The lowest BCUT2D eigenvalue weighted by molar-refractivity contribution is -0.123. The van der Waals surface area contributed by atoms with Crippen LogP contribution in [-0.2, 0) is 11.3 Å². The van der Waals surface area contributed by atoms with Crippen LogP contribution in [0.3, 0.4) is 0 Å². The van der Waals surface area contributed by atoms with Crippen molar-refractivity contribution in [2.24, 2.45) is 11.3 Å². The van der Waals surface area contributed by atoms with Crippen LogP contribution in [0.25, 0.3) is 0 Å². The van der Waals surface area contributed by atoms with E-state index in [0.717, 1.165) is 25.1 Å². The van der Waals surface area contributed by atoms with E-state index in [1.165, 1.54) is 0 Å². The van der Waals surface area contributed by atoms with Gasteiger partial charge in [-0.05, 0) is 38.8 Å². The Balaban J connectivity index is 1.49. The molecule has 2 atom stereocenters. The molecule has 1 aliphatic heterocycles. The summed E-state index contributed by atoms with van der Waals surface area (Å²) >= 11 is 0. The third-order valence-corrected chi connectivity index (χ3v) is 4.61. The van der Waals surface area contributed by atoms with E-state index in [2.05, 4.69) is 10.6 Å². The van der Waals surface area contributed by atoms with Crippen molar-refractivity contribution >= 4 is 11.9 Å². The maximum Gasteiger partial charge on any atom is 0.317 e. The summed E-state index contributed by atoms with van der Waals surface area (Å²) in [4.78, 5) is 26.1. The summed E-state index contributed by atoms with van der Waals surface area (Å²) in [6.07, 6.45) is 3.39. The fourth-order valence-corrected chi connectivity index (χ4v) is 3.29. The van der Waals surface area contributed by atoms with Gasteiger partial charge in [-0.3, -0.25) is 4.79 Å². The third-order valence-electron chi connectivity index (χ3n) is 4.61. The highest BCUT2D eigenvalue weighted by atomic mass is 16.3. The molecule has 1 aromatic rings. The summed E-state index contributed by atoms with van der Waals surface area (Å²) in [5.41, 5.74) is 0.00155. The summed E-state index contributed by atoms with van der Waals surface area (Å²) < 4.78 is 5.21. The van der Waals surface area contributed by atoms with Crippen molar-refractivity contribution < 1.29 is 14.0 Å². The SMILES string of the molecule is CC(C)NC(=O)N1CCC2(CC2C(=O)NCc2ccco2)C1. The minimum Gasteiger partial charge on any atom is -0.467 e. The van der Waals surface area contributed by atoms with Gasteiger partial charge in [-0.15, -0.1) is 0 Å². The number of amides is 3. The Hall–Kier alpha value is -1.98. The third kappa shape index (κ3) is 2.96. The number of urea groups is 1. The van der Waals surface area contributed by atoms with E-state index in [1.807, 2.05) is 30.9 Å². The van der Waals surface area contributed by atoms with Gasteiger partial charge in [0.2, 0.25) is 5.91 Å². The number of likely N-dealkylation sites (tertiary alicyclic amines) is 1. The number of carbonyl (C=O) groups excluding carboxylic acids is 2. The van der Waals surface area contributed by atoms with Gasteiger partial charge in [-0.1, -0.05) is 0 Å². The summed E-state index contributed by atoms with van der Waals surface area (Å²) in [5, 5.41) is 5.83. The van der Waals surface area contributed by atoms with Crippen molar-refractivity contribution in [2.75, 3.05) is 13.1 Å². The highest BCUT2D eigenvalue weighted by Crippen LogP contribution is 2.58. The molecule has 0 aromatic carbocycles. The second kappa shape index (κ2) is 5.66. The Morgan fingerprint density at radius 2 is 2.32 bits per heavy atom. The molecule has 22 heavy (non-hydrogen) atoms. The molecule has 6 nitrogen and oxygen atoms in total. The molecule has 2 fully saturated rings. The van der Waals surface area contributed by atoms with Crippen molar-refractivity contribution in [2.45, 2.75) is 39.3 Å². The van der Waals surface area contributed by atoms with E-state index in [0.29, 0.717) is 13.1 Å². The van der Waals surface area contributed by atoms with E-state index in [1.54, 1.807) is 6.26 Å². The Kier molecular flexibility index (Phi) is 3.85. The molecule has 2 heterocycles. The molecular formula is C16H23N3O3. The number of carbonyl (C=O) groups is 2. The minimum atomic E-state index is -0.0199. The summed E-state index contributed by atoms with van der Waals surface area (Å²) in [7, 11) is 0. The maximum absolute atomic E-state index is 12.2. The lowest BCUT2D eigenvalue weighted by atomic mass is 10.0. The quantitative estimate of drug-likeness (QED) is 0.889. The topological polar surface area (TPSA) is 74.6 Å². The number of nitrogens with zero attached hydrogens (tertiary/aromatic N) is 1. The van der Waals surface area contributed by atoms with Crippen molar-refractivity contribution in [1.29, 1.82) is 0 Å². The van der Waals surface area contributed by atoms with Gasteiger partial charge in [0.25, 0.3) is 0 Å². The molecule has 2 N–H and O–H groups in total. The zero-order chi connectivity index (χ0) is 15.7. The fraction of sp³-hybridized carbons (Fsp3) is 0.625. The molecule has 3 rings (SSSR count).